The normalized spacial score (nSPS) is 19.0. The van der Waals surface area contributed by atoms with E-state index in [4.69, 9.17) is 9.72 Å². The lowest BCUT2D eigenvalue weighted by molar-refractivity contribution is 0.0296. The van der Waals surface area contributed by atoms with Crippen molar-refractivity contribution in [3.05, 3.63) is 77.9 Å². The standard InChI is InChI=1S/C31H32FN5O2/c1-31(38,22-8-9-22)24-16-26-23(15-25(24)32)29-27(14-21(17-33-29)28-18-34-35-36(28)2)37(26)30(19-6-4-3-5-7-19)20-10-12-39-13-11-20/h3-7,14-18,20,22,30,38H,8-13H2,1-2H3/t30-,31+/m1/s1. The third kappa shape index (κ3) is 4.05. The molecule has 0 spiro atoms. The predicted molar refractivity (Wildman–Crippen MR) is 148 cm³/mol. The van der Waals surface area contributed by atoms with Crippen LogP contribution in [0.5, 0.6) is 0 Å². The number of hydrogen-bond donors (Lipinski definition) is 1. The highest BCUT2D eigenvalue weighted by molar-refractivity contribution is 6.07. The molecule has 0 radical (unpaired) electrons. The first kappa shape index (κ1) is 24.4. The molecule has 200 valence electrons. The molecule has 1 saturated carbocycles. The Morgan fingerprint density at radius 2 is 1.79 bits per heavy atom. The van der Waals surface area contributed by atoms with Crippen molar-refractivity contribution in [2.24, 2.45) is 18.9 Å². The van der Waals surface area contributed by atoms with E-state index in [-0.39, 0.29) is 17.8 Å². The summed E-state index contributed by atoms with van der Waals surface area (Å²) >= 11 is 0. The van der Waals surface area contributed by atoms with E-state index in [1.807, 2.05) is 25.4 Å². The van der Waals surface area contributed by atoms with Gasteiger partial charge in [-0.2, -0.15) is 0 Å². The number of ether oxygens (including phenoxy) is 1. The number of aromatic nitrogens is 5. The molecule has 2 atom stereocenters. The zero-order chi connectivity index (χ0) is 26.7. The van der Waals surface area contributed by atoms with E-state index in [9.17, 15) is 5.11 Å². The lowest BCUT2D eigenvalue weighted by Gasteiger charge is -2.33. The third-order valence-corrected chi connectivity index (χ3v) is 8.79. The van der Waals surface area contributed by atoms with Crippen molar-refractivity contribution < 1.29 is 14.2 Å². The summed E-state index contributed by atoms with van der Waals surface area (Å²) in [7, 11) is 1.86. The van der Waals surface area contributed by atoms with Crippen molar-refractivity contribution >= 4 is 21.9 Å². The van der Waals surface area contributed by atoms with Gasteiger partial charge in [-0.1, -0.05) is 35.5 Å². The van der Waals surface area contributed by atoms with E-state index in [0.29, 0.717) is 24.7 Å². The van der Waals surface area contributed by atoms with Gasteiger partial charge in [-0.15, -0.1) is 5.10 Å². The van der Waals surface area contributed by atoms with E-state index in [1.54, 1.807) is 23.9 Å². The Morgan fingerprint density at radius 3 is 2.49 bits per heavy atom. The number of nitrogens with zero attached hydrogens (tertiary/aromatic N) is 5. The summed E-state index contributed by atoms with van der Waals surface area (Å²) in [6.07, 6.45) is 7.20. The molecule has 7 nitrogen and oxygen atoms in total. The third-order valence-electron chi connectivity index (χ3n) is 8.79. The van der Waals surface area contributed by atoms with Crippen LogP contribution in [0.4, 0.5) is 4.39 Å². The minimum absolute atomic E-state index is 0.0130. The quantitative estimate of drug-likeness (QED) is 0.305. The zero-order valence-corrected chi connectivity index (χ0v) is 22.2. The minimum Gasteiger partial charge on any atom is -0.385 e. The monoisotopic (exact) mass is 525 g/mol. The molecule has 7 rings (SSSR count). The van der Waals surface area contributed by atoms with E-state index in [2.05, 4.69) is 45.2 Å². The first-order chi connectivity index (χ1) is 18.9. The van der Waals surface area contributed by atoms with Gasteiger partial charge in [0, 0.05) is 43.0 Å². The molecule has 2 aromatic carbocycles. The van der Waals surface area contributed by atoms with Crippen molar-refractivity contribution in [1.82, 2.24) is 24.5 Å². The Hall–Kier alpha value is -3.62. The van der Waals surface area contributed by atoms with Crippen molar-refractivity contribution in [1.29, 1.82) is 0 Å². The molecule has 1 aliphatic heterocycles. The van der Waals surface area contributed by atoms with Crippen LogP contribution in [0.2, 0.25) is 0 Å². The maximum atomic E-state index is 15.7. The minimum atomic E-state index is -1.22. The number of fused-ring (bicyclic) bond motifs is 3. The van der Waals surface area contributed by atoms with E-state index >= 15 is 4.39 Å². The van der Waals surface area contributed by atoms with Gasteiger partial charge < -0.3 is 14.4 Å². The molecule has 0 amide bonds. The molecule has 0 bridgehead atoms. The van der Waals surface area contributed by atoms with Crippen molar-refractivity contribution in [2.75, 3.05) is 13.2 Å². The number of aryl methyl sites for hydroxylation is 1. The molecule has 1 N–H and O–H groups in total. The molecule has 39 heavy (non-hydrogen) atoms. The van der Waals surface area contributed by atoms with Crippen LogP contribution in [-0.2, 0) is 17.4 Å². The highest BCUT2D eigenvalue weighted by Gasteiger charge is 2.43. The second-order valence-electron chi connectivity index (χ2n) is 11.3. The molecule has 0 unspecified atom stereocenters. The summed E-state index contributed by atoms with van der Waals surface area (Å²) in [6.45, 7) is 3.18. The van der Waals surface area contributed by atoms with E-state index in [1.165, 1.54) is 5.56 Å². The number of benzene rings is 2. The first-order valence-electron chi connectivity index (χ1n) is 13.8. The summed E-state index contributed by atoms with van der Waals surface area (Å²) < 4.78 is 25.6. The van der Waals surface area contributed by atoms with Gasteiger partial charge in [-0.3, -0.25) is 4.98 Å². The highest BCUT2D eigenvalue weighted by atomic mass is 19.1. The summed E-state index contributed by atoms with van der Waals surface area (Å²) in [6, 6.07) is 16.1. The summed E-state index contributed by atoms with van der Waals surface area (Å²) in [5.41, 5.74) is 4.62. The van der Waals surface area contributed by atoms with Crippen LogP contribution in [0.3, 0.4) is 0 Å². The Kier molecular flexibility index (Phi) is 5.79. The molecule has 2 fully saturated rings. The molecule has 4 heterocycles. The number of rotatable bonds is 6. The average molecular weight is 526 g/mol. The largest absolute Gasteiger partial charge is 0.385 e. The van der Waals surface area contributed by atoms with Crippen molar-refractivity contribution in [3.63, 3.8) is 0 Å². The van der Waals surface area contributed by atoms with Gasteiger partial charge in [0.2, 0.25) is 0 Å². The molecule has 2 aliphatic rings. The lowest BCUT2D eigenvalue weighted by atomic mass is 9.86. The maximum Gasteiger partial charge on any atom is 0.130 e. The molecular weight excluding hydrogens is 493 g/mol. The average Bonchev–Trinajstić information content (AvgIpc) is 3.67. The fraction of sp³-hybridized carbons (Fsp3) is 0.387. The van der Waals surface area contributed by atoms with Crippen LogP contribution in [0.25, 0.3) is 33.2 Å². The van der Waals surface area contributed by atoms with Gasteiger partial charge in [0.25, 0.3) is 0 Å². The number of halogens is 1. The van der Waals surface area contributed by atoms with Crippen LogP contribution >= 0.6 is 0 Å². The first-order valence-corrected chi connectivity index (χ1v) is 13.8. The molecule has 5 aromatic rings. The number of hydrogen-bond acceptors (Lipinski definition) is 5. The van der Waals surface area contributed by atoms with Gasteiger partial charge >= 0.3 is 0 Å². The van der Waals surface area contributed by atoms with Crippen molar-refractivity contribution in [3.8, 4) is 11.3 Å². The predicted octanol–water partition coefficient (Wildman–Crippen LogP) is 5.76. The topological polar surface area (TPSA) is 78.0 Å². The summed E-state index contributed by atoms with van der Waals surface area (Å²) in [5, 5.41) is 20.4. The second-order valence-corrected chi connectivity index (χ2v) is 11.3. The van der Waals surface area contributed by atoms with Gasteiger partial charge in [-0.05, 0) is 68.2 Å². The molecule has 8 heteroatoms. The van der Waals surface area contributed by atoms with Gasteiger partial charge in [0.15, 0.2) is 0 Å². The Bertz CT molecular complexity index is 1670. The number of pyridine rings is 1. The van der Waals surface area contributed by atoms with Crippen molar-refractivity contribution in [2.45, 2.75) is 44.2 Å². The summed E-state index contributed by atoms with van der Waals surface area (Å²) in [4.78, 5) is 4.89. The fourth-order valence-corrected chi connectivity index (χ4v) is 6.48. The highest BCUT2D eigenvalue weighted by Crippen LogP contribution is 2.48. The molecule has 1 aliphatic carbocycles. The molecule has 1 saturated heterocycles. The Morgan fingerprint density at radius 1 is 1.03 bits per heavy atom. The van der Waals surface area contributed by atoms with Crippen LogP contribution in [0.15, 0.2) is 60.9 Å². The van der Waals surface area contributed by atoms with E-state index < -0.39 is 5.60 Å². The second kappa shape index (κ2) is 9.24. The molecule has 3 aromatic heterocycles. The Balaban J connectivity index is 1.55. The SMILES string of the molecule is Cn1nncc1-c1cnc2c3cc(F)c([C@@](C)(O)C4CC4)cc3n([C@H](c3ccccc3)C3CCOCC3)c2c1. The van der Waals surface area contributed by atoms with Gasteiger partial charge in [0.1, 0.15) is 5.82 Å². The molecular formula is C31H32FN5O2. The van der Waals surface area contributed by atoms with E-state index in [0.717, 1.165) is 58.9 Å². The Labute approximate surface area is 226 Å². The van der Waals surface area contributed by atoms with Crippen LogP contribution in [0.1, 0.15) is 49.8 Å². The van der Waals surface area contributed by atoms with Crippen LogP contribution in [-0.4, -0.2) is 42.9 Å². The van der Waals surface area contributed by atoms with Crippen LogP contribution < -0.4 is 0 Å². The maximum absolute atomic E-state index is 15.7. The lowest BCUT2D eigenvalue weighted by Crippen LogP contribution is -2.27. The fourth-order valence-electron chi connectivity index (χ4n) is 6.48. The smallest absolute Gasteiger partial charge is 0.130 e. The number of aliphatic hydroxyl groups is 1. The summed E-state index contributed by atoms with van der Waals surface area (Å²) in [5.74, 6) is 0.00618. The van der Waals surface area contributed by atoms with Crippen LogP contribution in [0, 0.1) is 17.7 Å². The van der Waals surface area contributed by atoms with Gasteiger partial charge in [-0.25, -0.2) is 9.07 Å². The van der Waals surface area contributed by atoms with Gasteiger partial charge in [0.05, 0.1) is 40.1 Å². The zero-order valence-electron chi connectivity index (χ0n) is 22.2.